The van der Waals surface area contributed by atoms with Crippen LogP contribution in [0.1, 0.15) is 0 Å². The highest BCUT2D eigenvalue weighted by molar-refractivity contribution is 7.92. The second-order valence-corrected chi connectivity index (χ2v) is 9.56. The number of fused-ring (bicyclic) bond motifs is 1. The Bertz CT molecular complexity index is 1000. The van der Waals surface area contributed by atoms with E-state index < -0.39 is 10.0 Å². The fourth-order valence-electron chi connectivity index (χ4n) is 3.47. The van der Waals surface area contributed by atoms with Gasteiger partial charge in [-0.3, -0.25) is 14.4 Å². The molecule has 1 amide bonds. The van der Waals surface area contributed by atoms with Gasteiger partial charge in [-0.2, -0.15) is 0 Å². The number of sulfonamides is 1. The fourth-order valence-corrected chi connectivity index (χ4v) is 4.05. The van der Waals surface area contributed by atoms with Gasteiger partial charge >= 0.3 is 0 Å². The molecule has 0 unspecified atom stereocenters. The van der Waals surface area contributed by atoms with Gasteiger partial charge in [0.2, 0.25) is 10.0 Å². The lowest BCUT2D eigenvalue weighted by molar-refractivity contribution is -0.905. The number of anilines is 2. The summed E-state index contributed by atoms with van der Waals surface area (Å²) in [5.41, 5.74) is 0.693. The van der Waals surface area contributed by atoms with Gasteiger partial charge < -0.3 is 27.3 Å². The molecule has 0 radical (unpaired) electrons. The average molecular weight is 443 g/mol. The number of amides is 1. The van der Waals surface area contributed by atoms with Gasteiger partial charge in [-0.15, -0.1) is 0 Å². The third-order valence-electron chi connectivity index (χ3n) is 5.17. The summed E-state index contributed by atoms with van der Waals surface area (Å²) in [5, 5.41) is 14.4. The van der Waals surface area contributed by atoms with Gasteiger partial charge in [-0.05, 0) is 25.2 Å². The zero-order valence-electron chi connectivity index (χ0n) is 16.8. The standard InChI is InChI=1S/C19H26N4O4S.ClH/c1-22-9-11-23(2,12-10-22)13-18(24)20-17-8-7-14-15(19(17)25)5-4-6-16(14)21-28(3,26)27;/h4-8,21H,9-13H2,1-3H3,(H-,20,24,25);1H. The lowest BCUT2D eigenvalue weighted by Gasteiger charge is -2.40. The first-order valence-corrected chi connectivity index (χ1v) is 11.0. The number of likely N-dealkylation sites (N-methyl/N-ethyl adjacent to an activating group) is 2. The van der Waals surface area contributed by atoms with Crippen molar-refractivity contribution in [1.29, 1.82) is 0 Å². The number of piperazine rings is 1. The van der Waals surface area contributed by atoms with Crippen LogP contribution in [0.4, 0.5) is 11.4 Å². The number of halogens is 1. The molecule has 1 aliphatic rings. The third kappa shape index (κ3) is 5.72. The highest BCUT2D eigenvalue weighted by atomic mass is 35.5. The van der Waals surface area contributed by atoms with E-state index >= 15 is 0 Å². The molecule has 3 N–H and O–H groups in total. The molecular weight excluding hydrogens is 416 g/mol. The minimum atomic E-state index is -3.44. The Morgan fingerprint density at radius 2 is 1.79 bits per heavy atom. The van der Waals surface area contributed by atoms with Gasteiger partial charge in [0, 0.05) is 23.9 Å². The summed E-state index contributed by atoms with van der Waals surface area (Å²) in [6.07, 6.45) is 1.07. The number of rotatable bonds is 5. The molecule has 160 valence electrons. The highest BCUT2D eigenvalue weighted by Gasteiger charge is 2.30. The molecule has 0 bridgehead atoms. The van der Waals surface area contributed by atoms with Crippen molar-refractivity contribution in [3.8, 4) is 5.75 Å². The number of aromatic hydroxyl groups is 1. The second kappa shape index (κ2) is 8.74. The molecular formula is C19H27ClN4O4S. The lowest BCUT2D eigenvalue weighted by Crippen LogP contribution is -3.00. The number of quaternary nitrogens is 1. The molecule has 2 aromatic rings. The van der Waals surface area contributed by atoms with E-state index in [0.717, 1.165) is 32.4 Å². The molecule has 1 heterocycles. The molecule has 0 saturated carbocycles. The van der Waals surface area contributed by atoms with Crippen molar-refractivity contribution in [2.24, 2.45) is 0 Å². The van der Waals surface area contributed by atoms with Crippen LogP contribution >= 0.6 is 0 Å². The van der Waals surface area contributed by atoms with Crippen LogP contribution in [-0.2, 0) is 14.8 Å². The fraction of sp³-hybridized carbons (Fsp3) is 0.421. The average Bonchev–Trinajstić information content (AvgIpc) is 2.59. The van der Waals surface area contributed by atoms with Crippen LogP contribution in [-0.4, -0.2) is 81.9 Å². The molecule has 0 atom stereocenters. The molecule has 1 fully saturated rings. The van der Waals surface area contributed by atoms with Gasteiger partial charge in [0.25, 0.3) is 5.91 Å². The highest BCUT2D eigenvalue weighted by Crippen LogP contribution is 2.36. The zero-order chi connectivity index (χ0) is 20.5. The van der Waals surface area contributed by atoms with Crippen molar-refractivity contribution >= 4 is 38.1 Å². The van der Waals surface area contributed by atoms with Crippen LogP contribution in [0.5, 0.6) is 5.75 Å². The summed E-state index contributed by atoms with van der Waals surface area (Å²) < 4.78 is 26.2. The number of carbonyl (C=O) groups excluding carboxylic acids is 1. The van der Waals surface area contributed by atoms with Crippen LogP contribution < -0.4 is 22.4 Å². The third-order valence-corrected chi connectivity index (χ3v) is 5.76. The van der Waals surface area contributed by atoms with Crippen LogP contribution in [0.25, 0.3) is 10.8 Å². The first-order chi connectivity index (χ1) is 13.1. The van der Waals surface area contributed by atoms with E-state index in [4.69, 9.17) is 0 Å². The maximum Gasteiger partial charge on any atom is 0.279 e. The predicted octanol–water partition coefficient (Wildman–Crippen LogP) is -1.75. The summed E-state index contributed by atoms with van der Waals surface area (Å²) in [6.45, 7) is 4.02. The van der Waals surface area contributed by atoms with Crippen LogP contribution in [0.15, 0.2) is 30.3 Å². The van der Waals surface area contributed by atoms with Crippen molar-refractivity contribution in [2.45, 2.75) is 0 Å². The molecule has 10 heteroatoms. The van der Waals surface area contributed by atoms with Gasteiger partial charge in [-0.25, -0.2) is 8.42 Å². The van der Waals surface area contributed by atoms with Crippen molar-refractivity contribution in [2.75, 3.05) is 63.1 Å². The van der Waals surface area contributed by atoms with Gasteiger partial charge in [0.05, 0.1) is 37.8 Å². The number of carbonyl (C=O) groups is 1. The minimum Gasteiger partial charge on any atom is -1.00 e. The van der Waals surface area contributed by atoms with Crippen LogP contribution in [0.2, 0.25) is 0 Å². The van der Waals surface area contributed by atoms with E-state index in [9.17, 15) is 18.3 Å². The second-order valence-electron chi connectivity index (χ2n) is 7.81. The molecule has 8 nitrogen and oxygen atoms in total. The number of nitrogens with zero attached hydrogens (tertiary/aromatic N) is 2. The maximum atomic E-state index is 12.6. The van der Waals surface area contributed by atoms with Crippen LogP contribution in [0, 0.1) is 0 Å². The van der Waals surface area contributed by atoms with Crippen LogP contribution in [0.3, 0.4) is 0 Å². The van der Waals surface area contributed by atoms with E-state index in [1.165, 1.54) is 0 Å². The largest absolute Gasteiger partial charge is 1.00 e. The topological polar surface area (TPSA) is 98.7 Å². The van der Waals surface area contributed by atoms with Gasteiger partial charge in [-0.1, -0.05) is 12.1 Å². The Morgan fingerprint density at radius 3 is 2.41 bits per heavy atom. The first-order valence-electron chi connectivity index (χ1n) is 9.11. The number of benzene rings is 2. The Hall–Kier alpha value is -2.07. The summed E-state index contributed by atoms with van der Waals surface area (Å²) in [4.78, 5) is 14.8. The zero-order valence-corrected chi connectivity index (χ0v) is 18.3. The Labute approximate surface area is 177 Å². The van der Waals surface area contributed by atoms with E-state index in [2.05, 4.69) is 29.0 Å². The van der Waals surface area contributed by atoms with Gasteiger partial charge in [0.1, 0.15) is 5.75 Å². The Morgan fingerprint density at radius 1 is 1.14 bits per heavy atom. The van der Waals surface area contributed by atoms with E-state index in [1.807, 2.05) is 0 Å². The lowest BCUT2D eigenvalue weighted by atomic mass is 10.1. The molecule has 0 spiro atoms. The predicted molar refractivity (Wildman–Crippen MR) is 111 cm³/mol. The SMILES string of the molecule is CN1CC[N+](C)(CC(=O)Nc2ccc3c(NS(C)(=O)=O)cccc3c2O)CC1.[Cl-]. The summed E-state index contributed by atoms with van der Waals surface area (Å²) in [6, 6.07) is 8.23. The van der Waals surface area contributed by atoms with E-state index in [0.29, 0.717) is 33.2 Å². The molecule has 0 aromatic heterocycles. The number of phenols is 1. The number of phenolic OH excluding ortho intramolecular Hbond substituents is 1. The first kappa shape index (κ1) is 23.2. The smallest absolute Gasteiger partial charge is 0.279 e. The summed E-state index contributed by atoms with van der Waals surface area (Å²) in [5.74, 6) is -0.240. The van der Waals surface area contributed by atoms with Crippen molar-refractivity contribution in [1.82, 2.24) is 4.90 Å². The van der Waals surface area contributed by atoms with Crippen molar-refractivity contribution in [3.63, 3.8) is 0 Å². The molecule has 1 aliphatic heterocycles. The summed E-state index contributed by atoms with van der Waals surface area (Å²) >= 11 is 0. The molecule has 1 saturated heterocycles. The molecule has 29 heavy (non-hydrogen) atoms. The normalized spacial score (nSPS) is 16.8. The number of hydrogen-bond donors (Lipinski definition) is 3. The van der Waals surface area contributed by atoms with Crippen molar-refractivity contribution in [3.05, 3.63) is 30.3 Å². The van der Waals surface area contributed by atoms with E-state index in [1.54, 1.807) is 30.3 Å². The molecule has 0 aliphatic carbocycles. The Kier molecular flexibility index (Phi) is 7.00. The monoisotopic (exact) mass is 442 g/mol. The quantitative estimate of drug-likeness (QED) is 0.377. The number of nitrogens with one attached hydrogen (secondary N) is 2. The molecule has 3 rings (SSSR count). The molecule has 2 aromatic carbocycles. The van der Waals surface area contributed by atoms with Gasteiger partial charge in [0.15, 0.2) is 6.54 Å². The minimum absolute atomic E-state index is 0. The maximum absolute atomic E-state index is 12.6. The van der Waals surface area contributed by atoms with Crippen molar-refractivity contribution < 1.29 is 35.2 Å². The summed E-state index contributed by atoms with van der Waals surface area (Å²) in [7, 11) is 0.694. The number of hydrogen-bond acceptors (Lipinski definition) is 5. The Balaban J connectivity index is 0.00000300. The van der Waals surface area contributed by atoms with E-state index in [-0.39, 0.29) is 24.1 Å².